The van der Waals surface area contributed by atoms with Crippen LogP contribution in [0.3, 0.4) is 0 Å². The van der Waals surface area contributed by atoms with Crippen LogP contribution in [0.15, 0.2) is 24.3 Å². The molecule has 1 aromatic carbocycles. The van der Waals surface area contributed by atoms with Gasteiger partial charge in [0.05, 0.1) is 6.54 Å². The van der Waals surface area contributed by atoms with Gasteiger partial charge in [0, 0.05) is 6.54 Å². The second-order valence-corrected chi connectivity index (χ2v) is 5.44. The summed E-state index contributed by atoms with van der Waals surface area (Å²) in [7, 11) is 0. The van der Waals surface area contributed by atoms with Crippen LogP contribution in [-0.4, -0.2) is 47.4 Å². The zero-order chi connectivity index (χ0) is 17.7. The number of halogens is 3. The lowest BCUT2D eigenvalue weighted by atomic mass is 10.2. The third-order valence-electron chi connectivity index (χ3n) is 3.64. The monoisotopic (exact) mass is 346 g/mol. The van der Waals surface area contributed by atoms with Crippen LogP contribution in [0.1, 0.15) is 18.4 Å². The molecule has 0 saturated carbocycles. The van der Waals surface area contributed by atoms with Crippen LogP contribution >= 0.6 is 0 Å². The topological polar surface area (TPSA) is 78.9 Å². The molecule has 1 amide bonds. The lowest BCUT2D eigenvalue weighted by Crippen LogP contribution is -2.42. The second-order valence-electron chi connectivity index (χ2n) is 5.44. The first-order chi connectivity index (χ1) is 11.2. The Labute approximate surface area is 136 Å². The van der Waals surface area contributed by atoms with Gasteiger partial charge in [-0.3, -0.25) is 14.5 Å². The van der Waals surface area contributed by atoms with E-state index in [0.29, 0.717) is 18.5 Å². The van der Waals surface area contributed by atoms with Crippen LogP contribution in [0, 0.1) is 0 Å². The molecule has 1 fully saturated rings. The molecule has 9 heteroatoms. The second kappa shape index (κ2) is 7.52. The van der Waals surface area contributed by atoms with E-state index in [1.165, 1.54) is 12.1 Å². The molecule has 2 N–H and O–H groups in total. The minimum atomic E-state index is -4.74. The van der Waals surface area contributed by atoms with Crippen LogP contribution in [0.2, 0.25) is 0 Å². The highest BCUT2D eigenvalue weighted by molar-refractivity contribution is 5.80. The Hall–Kier alpha value is -2.29. The van der Waals surface area contributed by atoms with Crippen LogP contribution in [0.25, 0.3) is 0 Å². The van der Waals surface area contributed by atoms with Crippen molar-refractivity contribution in [3.63, 3.8) is 0 Å². The van der Waals surface area contributed by atoms with Crippen molar-refractivity contribution in [3.05, 3.63) is 29.8 Å². The molecule has 0 aromatic heterocycles. The zero-order valence-electron chi connectivity index (χ0n) is 12.7. The SMILES string of the molecule is O=C(CN1CCC[C@@H]1C(=O)O)NCc1ccc(OC(F)(F)F)cc1. The fraction of sp³-hybridized carbons (Fsp3) is 0.467. The third kappa shape index (κ3) is 5.41. The summed E-state index contributed by atoms with van der Waals surface area (Å²) in [5, 5.41) is 11.7. The quantitative estimate of drug-likeness (QED) is 0.820. The average Bonchev–Trinajstić information content (AvgIpc) is 2.93. The Balaban J connectivity index is 1.80. The van der Waals surface area contributed by atoms with Crippen LogP contribution < -0.4 is 10.1 Å². The molecule has 1 aliphatic heterocycles. The van der Waals surface area contributed by atoms with Gasteiger partial charge in [-0.2, -0.15) is 0 Å². The average molecular weight is 346 g/mol. The lowest BCUT2D eigenvalue weighted by Gasteiger charge is -2.20. The number of aliphatic carboxylic acids is 1. The maximum Gasteiger partial charge on any atom is 0.573 e. The van der Waals surface area contributed by atoms with Gasteiger partial charge < -0.3 is 15.2 Å². The fourth-order valence-electron chi connectivity index (χ4n) is 2.55. The number of carboxylic acids is 1. The number of benzene rings is 1. The Morgan fingerprint density at radius 1 is 1.29 bits per heavy atom. The highest BCUT2D eigenvalue weighted by Gasteiger charge is 2.32. The van der Waals surface area contributed by atoms with Gasteiger partial charge in [-0.25, -0.2) is 0 Å². The molecule has 1 atom stereocenters. The van der Waals surface area contributed by atoms with Crippen LogP contribution in [-0.2, 0) is 16.1 Å². The van der Waals surface area contributed by atoms with Crippen molar-refractivity contribution >= 4 is 11.9 Å². The van der Waals surface area contributed by atoms with E-state index in [4.69, 9.17) is 5.11 Å². The number of hydrogen-bond acceptors (Lipinski definition) is 4. The third-order valence-corrected chi connectivity index (χ3v) is 3.64. The van der Waals surface area contributed by atoms with Crippen molar-refractivity contribution < 1.29 is 32.6 Å². The number of alkyl halides is 3. The number of nitrogens with one attached hydrogen (secondary N) is 1. The highest BCUT2D eigenvalue weighted by atomic mass is 19.4. The Kier molecular flexibility index (Phi) is 5.66. The Morgan fingerprint density at radius 2 is 1.96 bits per heavy atom. The summed E-state index contributed by atoms with van der Waals surface area (Å²) in [4.78, 5) is 24.5. The minimum absolute atomic E-state index is 0.0216. The maximum atomic E-state index is 12.1. The summed E-state index contributed by atoms with van der Waals surface area (Å²) >= 11 is 0. The van der Waals surface area contributed by atoms with Crippen molar-refractivity contribution in [3.8, 4) is 5.75 Å². The van der Waals surface area contributed by atoms with E-state index in [1.54, 1.807) is 4.90 Å². The first-order valence-electron chi connectivity index (χ1n) is 7.33. The summed E-state index contributed by atoms with van der Waals surface area (Å²) in [6.07, 6.45) is -3.50. The fourth-order valence-corrected chi connectivity index (χ4v) is 2.55. The normalized spacial score (nSPS) is 18.4. The minimum Gasteiger partial charge on any atom is -0.480 e. The highest BCUT2D eigenvalue weighted by Crippen LogP contribution is 2.22. The van der Waals surface area contributed by atoms with Crippen molar-refractivity contribution in [2.75, 3.05) is 13.1 Å². The van der Waals surface area contributed by atoms with Crippen LogP contribution in [0.5, 0.6) is 5.75 Å². The van der Waals surface area contributed by atoms with E-state index in [1.807, 2.05) is 0 Å². The molecule has 0 bridgehead atoms. The van der Waals surface area contributed by atoms with Gasteiger partial charge in [-0.1, -0.05) is 12.1 Å². The van der Waals surface area contributed by atoms with E-state index in [-0.39, 0.29) is 24.7 Å². The van der Waals surface area contributed by atoms with Gasteiger partial charge in [0.15, 0.2) is 0 Å². The molecular weight excluding hydrogens is 329 g/mol. The Morgan fingerprint density at radius 3 is 2.54 bits per heavy atom. The molecule has 0 aliphatic carbocycles. The number of carboxylic acid groups (broad SMARTS) is 1. The number of amides is 1. The standard InChI is InChI=1S/C15H17F3N2O4/c16-15(17,18)24-11-5-3-10(4-6-11)8-19-13(21)9-20-7-1-2-12(20)14(22)23/h3-6,12H,1-2,7-9H2,(H,19,21)(H,22,23)/t12-/m1/s1. The largest absolute Gasteiger partial charge is 0.573 e. The molecule has 1 heterocycles. The number of rotatable bonds is 6. The van der Waals surface area contributed by atoms with Crippen molar-refractivity contribution in [1.82, 2.24) is 10.2 Å². The number of carbonyl (C=O) groups excluding carboxylic acids is 1. The summed E-state index contributed by atoms with van der Waals surface area (Å²) < 4.78 is 39.9. The predicted molar refractivity (Wildman–Crippen MR) is 77.2 cm³/mol. The van der Waals surface area contributed by atoms with E-state index >= 15 is 0 Å². The number of likely N-dealkylation sites (tertiary alicyclic amines) is 1. The predicted octanol–water partition coefficient (Wildman–Crippen LogP) is 1.75. The zero-order valence-corrected chi connectivity index (χ0v) is 12.7. The number of nitrogens with zero attached hydrogens (tertiary/aromatic N) is 1. The summed E-state index contributed by atoms with van der Waals surface area (Å²) in [6, 6.07) is 4.51. The van der Waals surface area contributed by atoms with Gasteiger partial charge in [-0.05, 0) is 37.1 Å². The van der Waals surface area contributed by atoms with E-state index < -0.39 is 18.4 Å². The summed E-state index contributed by atoms with van der Waals surface area (Å²) in [5.74, 6) is -1.61. The van der Waals surface area contributed by atoms with E-state index in [9.17, 15) is 22.8 Å². The van der Waals surface area contributed by atoms with Gasteiger partial charge in [0.1, 0.15) is 11.8 Å². The molecule has 0 unspecified atom stereocenters. The summed E-state index contributed by atoms with van der Waals surface area (Å²) in [5.41, 5.74) is 0.606. The molecule has 1 saturated heterocycles. The number of hydrogen-bond donors (Lipinski definition) is 2. The summed E-state index contributed by atoms with van der Waals surface area (Å²) in [6.45, 7) is 0.664. The molecule has 0 spiro atoms. The molecule has 2 rings (SSSR count). The van der Waals surface area contributed by atoms with E-state index in [2.05, 4.69) is 10.1 Å². The molecule has 1 aromatic rings. The maximum absolute atomic E-state index is 12.1. The molecule has 132 valence electrons. The van der Waals surface area contributed by atoms with Gasteiger partial charge in [-0.15, -0.1) is 13.2 Å². The first kappa shape index (κ1) is 18.1. The van der Waals surface area contributed by atoms with Gasteiger partial charge >= 0.3 is 12.3 Å². The van der Waals surface area contributed by atoms with Crippen LogP contribution in [0.4, 0.5) is 13.2 Å². The van der Waals surface area contributed by atoms with E-state index in [0.717, 1.165) is 18.6 Å². The van der Waals surface area contributed by atoms with Gasteiger partial charge in [0.25, 0.3) is 0 Å². The van der Waals surface area contributed by atoms with Gasteiger partial charge in [0.2, 0.25) is 5.91 Å². The first-order valence-corrected chi connectivity index (χ1v) is 7.33. The van der Waals surface area contributed by atoms with Crippen molar-refractivity contribution in [2.24, 2.45) is 0 Å². The van der Waals surface area contributed by atoms with Crippen molar-refractivity contribution in [1.29, 1.82) is 0 Å². The molecule has 1 aliphatic rings. The lowest BCUT2D eigenvalue weighted by molar-refractivity contribution is -0.274. The molecular formula is C15H17F3N2O4. The smallest absolute Gasteiger partial charge is 0.480 e. The number of carbonyl (C=O) groups is 2. The Bertz CT molecular complexity index is 589. The van der Waals surface area contributed by atoms with Crippen molar-refractivity contribution in [2.45, 2.75) is 31.8 Å². The molecule has 24 heavy (non-hydrogen) atoms. The number of ether oxygens (including phenoxy) is 1. The molecule has 6 nitrogen and oxygen atoms in total. The molecule has 0 radical (unpaired) electrons.